The molecule has 0 atom stereocenters. The van der Waals surface area contributed by atoms with Crippen LogP contribution in [0.15, 0.2) is 42.7 Å². The summed E-state index contributed by atoms with van der Waals surface area (Å²) in [6.45, 7) is 1.66. The van der Waals surface area contributed by atoms with Gasteiger partial charge in [0.15, 0.2) is 0 Å². The Morgan fingerprint density at radius 1 is 1.00 bits per heavy atom. The van der Waals surface area contributed by atoms with E-state index in [9.17, 15) is 0 Å². The summed E-state index contributed by atoms with van der Waals surface area (Å²) in [4.78, 5) is 11.2. The normalized spacial score (nSPS) is 16.1. The quantitative estimate of drug-likeness (QED) is 0.858. The second-order valence-corrected chi connectivity index (χ2v) is 5.09. The fourth-order valence-electron chi connectivity index (χ4n) is 2.52. The van der Waals surface area contributed by atoms with E-state index in [0.717, 1.165) is 43.1 Å². The van der Waals surface area contributed by atoms with E-state index in [1.807, 2.05) is 30.6 Å². The molecule has 3 rings (SSSR count). The van der Waals surface area contributed by atoms with Crippen molar-refractivity contribution in [2.75, 3.05) is 25.2 Å². The number of hydrogen-bond acceptors (Lipinski definition) is 4. The first-order valence-electron chi connectivity index (χ1n) is 7.02. The zero-order valence-corrected chi connectivity index (χ0v) is 11.7. The van der Waals surface area contributed by atoms with E-state index in [-0.39, 0.29) is 0 Å². The van der Waals surface area contributed by atoms with Crippen LogP contribution in [-0.4, -0.2) is 36.3 Å². The van der Waals surface area contributed by atoms with Crippen LogP contribution in [0.5, 0.6) is 0 Å². The Bertz CT molecular complexity index is 535. The average molecular weight is 269 g/mol. The Morgan fingerprint density at radius 3 is 2.30 bits per heavy atom. The summed E-state index contributed by atoms with van der Waals surface area (Å²) in [5.74, 6) is 0.789. The molecule has 1 fully saturated rings. The van der Waals surface area contributed by atoms with Crippen molar-refractivity contribution >= 4 is 5.95 Å². The van der Waals surface area contributed by atoms with Crippen molar-refractivity contribution in [1.29, 1.82) is 0 Å². The highest BCUT2D eigenvalue weighted by Gasteiger charge is 2.20. The lowest BCUT2D eigenvalue weighted by atomic mass is 10.1. The largest absolute Gasteiger partial charge is 0.381 e. The summed E-state index contributed by atoms with van der Waals surface area (Å²) < 4.78 is 5.40. The SMILES string of the molecule is CN(c1ncc(-c2ccccc2)cn1)C1CCOCC1. The van der Waals surface area contributed by atoms with Crippen LogP contribution in [0.3, 0.4) is 0 Å². The number of aromatic nitrogens is 2. The Morgan fingerprint density at radius 2 is 1.65 bits per heavy atom. The van der Waals surface area contributed by atoms with E-state index in [0.29, 0.717) is 6.04 Å². The molecule has 4 heteroatoms. The maximum atomic E-state index is 5.40. The lowest BCUT2D eigenvalue weighted by Gasteiger charge is -2.31. The molecule has 1 aromatic heterocycles. The van der Waals surface area contributed by atoms with Crippen molar-refractivity contribution < 1.29 is 4.74 Å². The highest BCUT2D eigenvalue weighted by Crippen LogP contribution is 2.21. The van der Waals surface area contributed by atoms with Crippen LogP contribution in [0.25, 0.3) is 11.1 Å². The molecule has 20 heavy (non-hydrogen) atoms. The summed E-state index contributed by atoms with van der Waals surface area (Å²) >= 11 is 0. The number of rotatable bonds is 3. The van der Waals surface area contributed by atoms with Crippen molar-refractivity contribution in [2.24, 2.45) is 0 Å². The predicted octanol–water partition coefficient (Wildman–Crippen LogP) is 2.76. The van der Waals surface area contributed by atoms with Crippen LogP contribution in [-0.2, 0) is 4.74 Å². The fraction of sp³-hybridized carbons (Fsp3) is 0.375. The maximum absolute atomic E-state index is 5.40. The van der Waals surface area contributed by atoms with Gasteiger partial charge in [-0.3, -0.25) is 0 Å². The van der Waals surface area contributed by atoms with Gasteiger partial charge < -0.3 is 9.64 Å². The highest BCUT2D eigenvalue weighted by molar-refractivity contribution is 5.61. The van der Waals surface area contributed by atoms with Crippen LogP contribution in [0.1, 0.15) is 12.8 Å². The molecular formula is C16H19N3O. The molecule has 0 N–H and O–H groups in total. The van der Waals surface area contributed by atoms with E-state index in [1.165, 1.54) is 0 Å². The summed E-state index contributed by atoms with van der Waals surface area (Å²) in [6, 6.07) is 10.7. The van der Waals surface area contributed by atoms with Crippen LogP contribution >= 0.6 is 0 Å². The van der Waals surface area contributed by atoms with Gasteiger partial charge in [-0.15, -0.1) is 0 Å². The molecule has 1 saturated heterocycles. The van der Waals surface area contributed by atoms with Crippen molar-refractivity contribution in [3.63, 3.8) is 0 Å². The highest BCUT2D eigenvalue weighted by atomic mass is 16.5. The summed E-state index contributed by atoms with van der Waals surface area (Å²) in [7, 11) is 2.06. The van der Waals surface area contributed by atoms with Gasteiger partial charge in [0.2, 0.25) is 5.95 Å². The first kappa shape index (κ1) is 13.1. The van der Waals surface area contributed by atoms with Gasteiger partial charge in [0.05, 0.1) is 0 Å². The molecular weight excluding hydrogens is 250 g/mol. The molecule has 1 aliphatic rings. The first-order valence-corrected chi connectivity index (χ1v) is 7.02. The van der Waals surface area contributed by atoms with Crippen molar-refractivity contribution in [3.05, 3.63) is 42.7 Å². The fourth-order valence-corrected chi connectivity index (χ4v) is 2.52. The van der Waals surface area contributed by atoms with Crippen molar-refractivity contribution in [1.82, 2.24) is 9.97 Å². The topological polar surface area (TPSA) is 38.2 Å². The van der Waals surface area contributed by atoms with E-state index in [2.05, 4.69) is 34.0 Å². The van der Waals surface area contributed by atoms with Crippen LogP contribution in [0, 0.1) is 0 Å². The number of anilines is 1. The molecule has 1 aromatic carbocycles. The standard InChI is InChI=1S/C16H19N3O/c1-19(15-7-9-20-10-8-15)16-17-11-14(12-18-16)13-5-3-2-4-6-13/h2-6,11-12,15H,7-10H2,1H3. The number of hydrogen-bond donors (Lipinski definition) is 0. The van der Waals surface area contributed by atoms with Crippen molar-refractivity contribution in [2.45, 2.75) is 18.9 Å². The second kappa shape index (κ2) is 6.01. The predicted molar refractivity (Wildman–Crippen MR) is 79.7 cm³/mol. The molecule has 0 unspecified atom stereocenters. The molecule has 0 saturated carbocycles. The third-order valence-electron chi connectivity index (χ3n) is 3.80. The molecule has 2 aromatic rings. The lowest BCUT2D eigenvalue weighted by molar-refractivity contribution is 0.0852. The van der Waals surface area contributed by atoms with Gasteiger partial charge in [-0.2, -0.15) is 0 Å². The molecule has 104 valence electrons. The Hall–Kier alpha value is -1.94. The Labute approximate surface area is 119 Å². The third kappa shape index (κ3) is 2.80. The van der Waals surface area contributed by atoms with E-state index in [1.54, 1.807) is 0 Å². The monoisotopic (exact) mass is 269 g/mol. The van der Waals surface area contributed by atoms with E-state index in [4.69, 9.17) is 4.74 Å². The number of ether oxygens (including phenoxy) is 1. The van der Waals surface area contributed by atoms with Crippen LogP contribution in [0.2, 0.25) is 0 Å². The van der Waals surface area contributed by atoms with Crippen LogP contribution in [0.4, 0.5) is 5.95 Å². The minimum absolute atomic E-state index is 0.478. The number of benzene rings is 1. The minimum atomic E-state index is 0.478. The molecule has 0 amide bonds. The van der Waals surface area contributed by atoms with Gasteiger partial charge in [-0.25, -0.2) is 9.97 Å². The summed E-state index contributed by atoms with van der Waals surface area (Å²) in [5, 5.41) is 0. The minimum Gasteiger partial charge on any atom is -0.381 e. The summed E-state index contributed by atoms with van der Waals surface area (Å²) in [5.41, 5.74) is 2.20. The van der Waals surface area contributed by atoms with Gasteiger partial charge in [0.1, 0.15) is 0 Å². The van der Waals surface area contributed by atoms with Crippen molar-refractivity contribution in [3.8, 4) is 11.1 Å². The molecule has 0 bridgehead atoms. The molecule has 1 aliphatic heterocycles. The first-order chi connectivity index (χ1) is 9.84. The Balaban J connectivity index is 1.75. The molecule has 0 spiro atoms. The molecule has 4 nitrogen and oxygen atoms in total. The Kier molecular flexibility index (Phi) is 3.92. The van der Waals surface area contributed by atoms with Gasteiger partial charge in [-0.1, -0.05) is 30.3 Å². The molecule has 0 aliphatic carbocycles. The van der Waals surface area contributed by atoms with Gasteiger partial charge >= 0.3 is 0 Å². The third-order valence-corrected chi connectivity index (χ3v) is 3.80. The van der Waals surface area contributed by atoms with Gasteiger partial charge in [-0.05, 0) is 18.4 Å². The second-order valence-electron chi connectivity index (χ2n) is 5.09. The molecule has 2 heterocycles. The van der Waals surface area contributed by atoms with Gasteiger partial charge in [0, 0.05) is 44.3 Å². The lowest BCUT2D eigenvalue weighted by Crippen LogP contribution is -2.37. The summed E-state index contributed by atoms with van der Waals surface area (Å²) in [6.07, 6.45) is 5.88. The zero-order chi connectivity index (χ0) is 13.8. The smallest absolute Gasteiger partial charge is 0.225 e. The molecule has 0 radical (unpaired) electrons. The van der Waals surface area contributed by atoms with Gasteiger partial charge in [0.25, 0.3) is 0 Å². The average Bonchev–Trinajstić information content (AvgIpc) is 2.56. The van der Waals surface area contributed by atoms with E-state index < -0.39 is 0 Å². The maximum Gasteiger partial charge on any atom is 0.225 e. The zero-order valence-electron chi connectivity index (χ0n) is 11.7. The van der Waals surface area contributed by atoms with Crippen LogP contribution < -0.4 is 4.90 Å². The van der Waals surface area contributed by atoms with E-state index >= 15 is 0 Å². The number of nitrogens with zero attached hydrogens (tertiary/aromatic N) is 3.